The van der Waals surface area contributed by atoms with Crippen molar-refractivity contribution in [2.24, 2.45) is 0 Å². The molecule has 0 aliphatic rings. The Hall–Kier alpha value is -4.70. The number of amides is 1. The molecule has 4 aromatic rings. The molecule has 1 heterocycles. The molecule has 0 aliphatic heterocycles. The number of rotatable bonds is 6. The van der Waals surface area contributed by atoms with Gasteiger partial charge in [0.25, 0.3) is 0 Å². The number of ketones is 1. The summed E-state index contributed by atoms with van der Waals surface area (Å²) in [6.45, 7) is 24.0. The first-order valence-electron chi connectivity index (χ1n) is 16.1. The van der Waals surface area contributed by atoms with Crippen LogP contribution in [0.1, 0.15) is 101 Å². The lowest BCUT2D eigenvalue weighted by Gasteiger charge is -2.21. The number of hydrogen-bond acceptors (Lipinski definition) is 6. The zero-order valence-corrected chi connectivity index (χ0v) is 30.8. The molecule has 3 aromatic carbocycles. The van der Waals surface area contributed by atoms with Gasteiger partial charge < -0.3 is 19.4 Å². The van der Waals surface area contributed by atoms with E-state index in [9.17, 15) is 9.59 Å². The first-order valence-corrected chi connectivity index (χ1v) is 16.1. The molecule has 7 heteroatoms. The van der Waals surface area contributed by atoms with Gasteiger partial charge in [0.05, 0.1) is 12.7 Å². The lowest BCUT2D eigenvalue weighted by molar-refractivity contribution is -0.115. The largest absolute Gasteiger partial charge is 0.495 e. The van der Waals surface area contributed by atoms with Gasteiger partial charge in [-0.25, -0.2) is 0 Å². The Bertz CT molecular complexity index is 1560. The second-order valence-corrected chi connectivity index (χ2v) is 11.8. The molecule has 1 N–H and O–H groups in total. The summed E-state index contributed by atoms with van der Waals surface area (Å²) in [5.74, 6) is 0.852. The monoisotopic (exact) mass is 641 g/mol. The van der Waals surface area contributed by atoms with E-state index in [1.807, 2.05) is 52.0 Å². The Morgan fingerprint density at radius 2 is 1.55 bits per heavy atom. The molecule has 4 rings (SSSR count). The second-order valence-electron chi connectivity index (χ2n) is 11.8. The van der Waals surface area contributed by atoms with E-state index in [0.717, 1.165) is 46.5 Å². The van der Waals surface area contributed by atoms with Crippen LogP contribution in [0.15, 0.2) is 65.4 Å². The zero-order valence-electron chi connectivity index (χ0n) is 30.8. The zero-order chi connectivity index (χ0) is 36.2. The third-order valence-corrected chi connectivity index (χ3v) is 6.77. The third-order valence-electron chi connectivity index (χ3n) is 6.77. The second kappa shape index (κ2) is 21.9. The predicted molar refractivity (Wildman–Crippen MR) is 195 cm³/mol. The summed E-state index contributed by atoms with van der Waals surface area (Å²) >= 11 is 0. The Balaban J connectivity index is 0.000000628. The number of aryl methyl sites for hydroxylation is 5. The fourth-order valence-electron chi connectivity index (χ4n) is 4.40. The van der Waals surface area contributed by atoms with Crippen LogP contribution >= 0.6 is 0 Å². The molecule has 0 radical (unpaired) electrons. The molecule has 0 unspecified atom stereocenters. The first kappa shape index (κ1) is 42.3. The Labute approximate surface area is 283 Å². The van der Waals surface area contributed by atoms with Gasteiger partial charge in [0.1, 0.15) is 29.6 Å². The van der Waals surface area contributed by atoms with Gasteiger partial charge in [-0.3, -0.25) is 4.79 Å². The number of hydrogen-bond donors (Lipinski definition) is 1. The highest BCUT2D eigenvalue weighted by Gasteiger charge is 2.17. The highest BCUT2D eigenvalue weighted by atomic mass is 16.5. The van der Waals surface area contributed by atoms with Crippen LogP contribution in [0.3, 0.4) is 0 Å². The molecular formula is C40H55N3O4. The van der Waals surface area contributed by atoms with Crippen LogP contribution in [0, 0.1) is 32.1 Å². The average Bonchev–Trinajstić information content (AvgIpc) is 3.57. The molecule has 7 nitrogen and oxygen atoms in total. The SMILES string of the molecule is CC.CC(C)=O.CCc1ccc(C)cc1CC.COc1c(C)cc(C(C)(C)C)cc1C#N.Cc1ccc(NC=O)cc1-c1ccon1. The lowest BCUT2D eigenvalue weighted by Crippen LogP contribution is -2.12. The molecule has 0 bridgehead atoms. The number of nitriles is 1. The van der Waals surface area contributed by atoms with E-state index < -0.39 is 0 Å². The Morgan fingerprint density at radius 3 is 2.02 bits per heavy atom. The van der Waals surface area contributed by atoms with Crippen molar-refractivity contribution in [2.45, 2.75) is 101 Å². The van der Waals surface area contributed by atoms with Gasteiger partial charge >= 0.3 is 0 Å². The number of carbonyl (C=O) groups is 2. The van der Waals surface area contributed by atoms with Crippen molar-refractivity contribution in [1.82, 2.24) is 5.16 Å². The van der Waals surface area contributed by atoms with Gasteiger partial charge in [-0.05, 0) is 98.9 Å². The maximum absolute atomic E-state index is 10.3. The van der Waals surface area contributed by atoms with Gasteiger partial charge in [-0.1, -0.05) is 89.5 Å². The molecule has 1 amide bonds. The van der Waals surface area contributed by atoms with Crippen molar-refractivity contribution in [1.29, 1.82) is 5.26 Å². The third kappa shape index (κ3) is 15.0. The summed E-state index contributed by atoms with van der Waals surface area (Å²) < 4.78 is 10.00. The number of nitrogens with zero attached hydrogens (tertiary/aromatic N) is 2. The predicted octanol–water partition coefficient (Wildman–Crippen LogP) is 10.1. The topological polar surface area (TPSA) is 105 Å². The summed E-state index contributed by atoms with van der Waals surface area (Å²) in [6, 6.07) is 20.3. The normalized spacial score (nSPS) is 9.70. The van der Waals surface area contributed by atoms with Crippen LogP contribution in [-0.2, 0) is 27.8 Å². The van der Waals surface area contributed by atoms with Gasteiger partial charge in [-0.2, -0.15) is 5.26 Å². The van der Waals surface area contributed by atoms with Gasteiger partial charge in [-0.15, -0.1) is 0 Å². The van der Waals surface area contributed by atoms with E-state index in [2.05, 4.69) is 82.4 Å². The number of methoxy groups -OCH3 is 1. The minimum Gasteiger partial charge on any atom is -0.495 e. The van der Waals surface area contributed by atoms with Crippen LogP contribution in [0.25, 0.3) is 11.3 Å². The summed E-state index contributed by atoms with van der Waals surface area (Å²) in [5.41, 5.74) is 10.8. The number of Topliss-reactive ketones (excluding diaryl/α,β-unsaturated/α-hetero) is 1. The minimum absolute atomic E-state index is 0.0582. The molecule has 0 fully saturated rings. The van der Waals surface area contributed by atoms with Crippen LogP contribution in [0.2, 0.25) is 0 Å². The summed E-state index contributed by atoms with van der Waals surface area (Å²) in [4.78, 5) is 19.8. The summed E-state index contributed by atoms with van der Waals surface area (Å²) in [7, 11) is 1.60. The molecule has 0 saturated heterocycles. The van der Waals surface area contributed by atoms with Crippen LogP contribution in [-0.4, -0.2) is 24.5 Å². The van der Waals surface area contributed by atoms with Crippen molar-refractivity contribution in [3.8, 4) is 23.1 Å². The Kier molecular flexibility index (Phi) is 19.7. The first-order chi connectivity index (χ1) is 22.2. The van der Waals surface area contributed by atoms with E-state index >= 15 is 0 Å². The van der Waals surface area contributed by atoms with E-state index in [4.69, 9.17) is 14.5 Å². The van der Waals surface area contributed by atoms with Crippen LogP contribution < -0.4 is 10.1 Å². The molecule has 254 valence electrons. The minimum atomic E-state index is 0.0582. The van der Waals surface area contributed by atoms with Gasteiger partial charge in [0.2, 0.25) is 6.41 Å². The van der Waals surface area contributed by atoms with E-state index in [1.54, 1.807) is 13.2 Å². The molecule has 0 atom stereocenters. The number of carbonyl (C=O) groups excluding carboxylic acids is 2. The summed E-state index contributed by atoms with van der Waals surface area (Å²) in [5, 5.41) is 15.5. The average molecular weight is 642 g/mol. The van der Waals surface area contributed by atoms with Crippen LogP contribution in [0.5, 0.6) is 5.75 Å². The van der Waals surface area contributed by atoms with Crippen molar-refractivity contribution in [2.75, 3.05) is 12.4 Å². The fourth-order valence-corrected chi connectivity index (χ4v) is 4.40. The number of aromatic nitrogens is 1. The van der Waals surface area contributed by atoms with Crippen molar-refractivity contribution < 1.29 is 18.8 Å². The fraction of sp³-hybridized carbons (Fsp3) is 0.400. The van der Waals surface area contributed by atoms with E-state index in [-0.39, 0.29) is 11.2 Å². The molecular weight excluding hydrogens is 586 g/mol. The number of ether oxygens (including phenoxy) is 1. The van der Waals surface area contributed by atoms with Gasteiger partial charge in [0.15, 0.2) is 0 Å². The molecule has 0 aliphatic carbocycles. The Morgan fingerprint density at radius 1 is 0.936 bits per heavy atom. The molecule has 1 aromatic heterocycles. The van der Waals surface area contributed by atoms with Crippen LogP contribution in [0.4, 0.5) is 5.69 Å². The van der Waals surface area contributed by atoms with Crippen molar-refractivity contribution in [3.05, 3.63) is 99.8 Å². The van der Waals surface area contributed by atoms with Crippen molar-refractivity contribution >= 4 is 17.9 Å². The lowest BCUT2D eigenvalue weighted by atomic mass is 9.85. The maximum atomic E-state index is 10.3. The van der Waals surface area contributed by atoms with Gasteiger partial charge in [0, 0.05) is 17.3 Å². The smallest absolute Gasteiger partial charge is 0.211 e. The highest BCUT2D eigenvalue weighted by Crippen LogP contribution is 2.30. The number of anilines is 1. The highest BCUT2D eigenvalue weighted by molar-refractivity contribution is 5.76. The molecule has 0 spiro atoms. The maximum Gasteiger partial charge on any atom is 0.211 e. The quantitative estimate of drug-likeness (QED) is 0.210. The van der Waals surface area contributed by atoms with E-state index in [0.29, 0.717) is 17.7 Å². The molecule has 47 heavy (non-hydrogen) atoms. The van der Waals surface area contributed by atoms with Crippen molar-refractivity contribution in [3.63, 3.8) is 0 Å². The number of benzene rings is 3. The molecule has 0 saturated carbocycles. The summed E-state index contributed by atoms with van der Waals surface area (Å²) in [6.07, 6.45) is 4.49. The standard InChI is InChI=1S/C13H17NO.C11H10N2O2.C11H16.C3H6O.C2H6/c1-9-6-11(13(2,3)4)7-10(8-14)12(9)15-5;1-8-2-3-9(12-7-14)6-10(8)11-4-5-15-13-11;1-4-10-7-6-9(3)8-11(10)5-2;1-3(2)4;1-2/h6-7H,1-5H3;2-7H,1H3,(H,12,14);6-8H,4-5H2,1-3H3;1-2H3;1-2H3. The van der Waals surface area contributed by atoms with E-state index in [1.165, 1.54) is 36.8 Å². The number of nitrogens with one attached hydrogen (secondary N) is 1.